The SMILES string of the molecule is Cn1nc(C(=O)N[C@@H]2CCC[C@H](Nc3nc(-c4c[nH]c5c(F)cc(F)cc45)ncc3F)C2)cc1N. The first-order valence-corrected chi connectivity index (χ1v) is 11.1. The molecule has 3 heterocycles. The summed E-state index contributed by atoms with van der Waals surface area (Å²) in [4.78, 5) is 23.6. The molecule has 0 spiro atoms. The fourth-order valence-corrected chi connectivity index (χ4v) is 4.44. The van der Waals surface area contributed by atoms with E-state index in [4.69, 9.17) is 5.73 Å². The third-order valence-corrected chi connectivity index (χ3v) is 6.19. The molecule has 1 aliphatic carbocycles. The number of benzene rings is 1. The zero-order valence-electron chi connectivity index (χ0n) is 18.8. The molecule has 12 heteroatoms. The zero-order chi connectivity index (χ0) is 24.7. The van der Waals surface area contributed by atoms with Crippen molar-refractivity contribution < 1.29 is 18.0 Å². The van der Waals surface area contributed by atoms with Crippen LogP contribution < -0.4 is 16.4 Å². The molecule has 1 amide bonds. The van der Waals surface area contributed by atoms with Crippen molar-refractivity contribution in [3.8, 4) is 11.4 Å². The molecule has 1 fully saturated rings. The Kier molecular flexibility index (Phi) is 5.79. The Morgan fingerprint density at radius 3 is 2.74 bits per heavy atom. The molecule has 4 aromatic rings. The van der Waals surface area contributed by atoms with E-state index in [0.717, 1.165) is 31.5 Å². The highest BCUT2D eigenvalue weighted by Gasteiger charge is 2.26. The van der Waals surface area contributed by atoms with Crippen molar-refractivity contribution in [2.24, 2.45) is 7.05 Å². The Bertz CT molecular complexity index is 1400. The summed E-state index contributed by atoms with van der Waals surface area (Å²) in [5.41, 5.74) is 6.45. The number of aromatic nitrogens is 5. The highest BCUT2D eigenvalue weighted by molar-refractivity contribution is 5.94. The normalized spacial score (nSPS) is 18.1. The molecule has 1 aromatic carbocycles. The van der Waals surface area contributed by atoms with Crippen molar-refractivity contribution in [2.45, 2.75) is 37.8 Å². The second-order valence-corrected chi connectivity index (χ2v) is 8.66. The summed E-state index contributed by atoms with van der Waals surface area (Å²) in [6, 6.07) is 3.17. The van der Waals surface area contributed by atoms with E-state index in [0.29, 0.717) is 17.8 Å². The lowest BCUT2D eigenvalue weighted by atomic mass is 9.91. The number of amides is 1. The minimum absolute atomic E-state index is 0.0179. The molecule has 5 rings (SSSR count). The summed E-state index contributed by atoms with van der Waals surface area (Å²) < 4.78 is 43.8. The second kappa shape index (κ2) is 8.93. The van der Waals surface area contributed by atoms with E-state index in [9.17, 15) is 18.0 Å². The molecule has 3 aromatic heterocycles. The summed E-state index contributed by atoms with van der Waals surface area (Å²) >= 11 is 0. The van der Waals surface area contributed by atoms with Crippen molar-refractivity contribution in [2.75, 3.05) is 11.1 Å². The minimum Gasteiger partial charge on any atom is -0.384 e. The van der Waals surface area contributed by atoms with E-state index >= 15 is 0 Å². The molecule has 0 saturated heterocycles. The first-order chi connectivity index (χ1) is 16.8. The largest absolute Gasteiger partial charge is 0.384 e. The minimum atomic E-state index is -0.740. The number of carbonyl (C=O) groups excluding carboxylic acids is 1. The summed E-state index contributed by atoms with van der Waals surface area (Å²) in [5.74, 6) is -1.96. The number of aryl methyl sites for hydroxylation is 1. The number of halogens is 3. The van der Waals surface area contributed by atoms with Crippen LogP contribution >= 0.6 is 0 Å². The Morgan fingerprint density at radius 2 is 1.97 bits per heavy atom. The van der Waals surface area contributed by atoms with E-state index < -0.39 is 17.5 Å². The van der Waals surface area contributed by atoms with Crippen LogP contribution in [0.1, 0.15) is 36.2 Å². The van der Waals surface area contributed by atoms with E-state index in [1.807, 2.05) is 0 Å². The van der Waals surface area contributed by atoms with Crippen LogP contribution in [-0.2, 0) is 7.05 Å². The molecule has 182 valence electrons. The van der Waals surface area contributed by atoms with Crippen molar-refractivity contribution >= 4 is 28.4 Å². The van der Waals surface area contributed by atoms with Gasteiger partial charge in [-0.25, -0.2) is 23.1 Å². The summed E-state index contributed by atoms with van der Waals surface area (Å²) in [5, 5.41) is 10.4. The molecule has 0 aliphatic heterocycles. The average Bonchev–Trinajstić information content (AvgIpc) is 3.39. The van der Waals surface area contributed by atoms with Gasteiger partial charge < -0.3 is 21.4 Å². The maximum Gasteiger partial charge on any atom is 0.272 e. The van der Waals surface area contributed by atoms with Gasteiger partial charge in [-0.15, -0.1) is 0 Å². The fraction of sp³-hybridized carbons (Fsp3) is 0.304. The van der Waals surface area contributed by atoms with Crippen molar-refractivity contribution in [1.29, 1.82) is 0 Å². The molecule has 1 saturated carbocycles. The molecule has 0 unspecified atom stereocenters. The highest BCUT2D eigenvalue weighted by atomic mass is 19.1. The van der Waals surface area contributed by atoms with Crippen LogP contribution in [0.2, 0.25) is 0 Å². The number of anilines is 2. The van der Waals surface area contributed by atoms with Gasteiger partial charge in [0.25, 0.3) is 5.91 Å². The maximum atomic E-state index is 14.6. The lowest BCUT2D eigenvalue weighted by molar-refractivity contribution is 0.0920. The summed E-state index contributed by atoms with van der Waals surface area (Å²) in [6.07, 6.45) is 5.37. The van der Waals surface area contributed by atoms with E-state index in [1.165, 1.54) is 23.0 Å². The van der Waals surface area contributed by atoms with Crippen LogP contribution in [0.3, 0.4) is 0 Å². The Morgan fingerprint density at radius 1 is 1.17 bits per heavy atom. The van der Waals surface area contributed by atoms with Gasteiger partial charge in [-0.05, 0) is 31.7 Å². The number of rotatable bonds is 5. The van der Waals surface area contributed by atoms with Crippen molar-refractivity contribution in [1.82, 2.24) is 30.0 Å². The average molecular weight is 484 g/mol. The number of hydrogen-bond acceptors (Lipinski definition) is 6. The number of nitrogens with two attached hydrogens (primary N) is 1. The van der Waals surface area contributed by atoms with Crippen LogP contribution in [0.15, 0.2) is 30.6 Å². The van der Waals surface area contributed by atoms with E-state index in [2.05, 4.69) is 30.7 Å². The topological polar surface area (TPSA) is 127 Å². The number of nitrogens with one attached hydrogen (secondary N) is 3. The molecule has 1 aliphatic rings. The molecule has 0 radical (unpaired) electrons. The van der Waals surface area contributed by atoms with Gasteiger partial charge in [0.2, 0.25) is 0 Å². The Labute approximate surface area is 197 Å². The maximum absolute atomic E-state index is 14.6. The summed E-state index contributed by atoms with van der Waals surface area (Å²) in [7, 11) is 1.65. The van der Waals surface area contributed by atoms with Crippen LogP contribution in [-0.4, -0.2) is 42.7 Å². The second-order valence-electron chi connectivity index (χ2n) is 8.66. The van der Waals surface area contributed by atoms with Gasteiger partial charge in [0, 0.05) is 48.4 Å². The Balaban J connectivity index is 1.32. The number of fused-ring (bicyclic) bond motifs is 1. The predicted octanol–water partition coefficient (Wildman–Crippen LogP) is 3.51. The van der Waals surface area contributed by atoms with Crippen LogP contribution in [0.25, 0.3) is 22.3 Å². The van der Waals surface area contributed by atoms with Gasteiger partial charge in [0.05, 0.1) is 11.7 Å². The molecular formula is C23H23F3N8O. The van der Waals surface area contributed by atoms with E-state index in [1.54, 1.807) is 7.05 Å². The first kappa shape index (κ1) is 22.7. The van der Waals surface area contributed by atoms with Gasteiger partial charge in [-0.1, -0.05) is 0 Å². The Hall–Kier alpha value is -4.09. The van der Waals surface area contributed by atoms with Gasteiger partial charge in [-0.3, -0.25) is 9.48 Å². The zero-order valence-corrected chi connectivity index (χ0v) is 18.8. The fourth-order valence-electron chi connectivity index (χ4n) is 4.44. The molecule has 9 nitrogen and oxygen atoms in total. The number of nitrogens with zero attached hydrogens (tertiary/aromatic N) is 4. The molecule has 0 bridgehead atoms. The number of aromatic amines is 1. The first-order valence-electron chi connectivity index (χ1n) is 11.1. The third-order valence-electron chi connectivity index (χ3n) is 6.19. The smallest absolute Gasteiger partial charge is 0.272 e. The molecule has 35 heavy (non-hydrogen) atoms. The number of H-pyrrole nitrogens is 1. The standard InChI is InChI=1S/C23H23F3N8O/c1-34-19(27)8-18(33-34)23(35)31-13-4-2-3-12(7-13)30-22-17(26)10-29-21(32-22)15-9-28-20-14(15)5-11(24)6-16(20)25/h5-6,8-10,12-13,28H,2-4,7,27H2,1H3,(H,31,35)(H,29,30,32)/t12-,13+/m0/s1. The van der Waals surface area contributed by atoms with Gasteiger partial charge in [-0.2, -0.15) is 5.10 Å². The van der Waals surface area contributed by atoms with Crippen molar-refractivity contribution in [3.05, 3.63) is 53.7 Å². The predicted molar refractivity (Wildman–Crippen MR) is 124 cm³/mol. The third kappa shape index (κ3) is 4.51. The van der Waals surface area contributed by atoms with Crippen molar-refractivity contribution in [3.63, 3.8) is 0 Å². The monoisotopic (exact) mass is 484 g/mol. The molecular weight excluding hydrogens is 461 g/mol. The number of hydrogen-bond donors (Lipinski definition) is 4. The van der Waals surface area contributed by atoms with Gasteiger partial charge in [0.15, 0.2) is 23.2 Å². The quantitative estimate of drug-likeness (QED) is 0.343. The van der Waals surface area contributed by atoms with Crippen LogP contribution in [0.5, 0.6) is 0 Å². The van der Waals surface area contributed by atoms with Crippen LogP contribution in [0.4, 0.5) is 24.8 Å². The van der Waals surface area contributed by atoms with Gasteiger partial charge in [0.1, 0.15) is 17.5 Å². The number of nitrogen functional groups attached to an aromatic ring is 1. The number of carbonyl (C=O) groups is 1. The molecule has 2 atom stereocenters. The lowest BCUT2D eigenvalue weighted by Gasteiger charge is -2.30. The highest BCUT2D eigenvalue weighted by Crippen LogP contribution is 2.30. The summed E-state index contributed by atoms with van der Waals surface area (Å²) in [6.45, 7) is 0. The van der Waals surface area contributed by atoms with Gasteiger partial charge >= 0.3 is 0 Å². The lowest BCUT2D eigenvalue weighted by Crippen LogP contribution is -2.42. The van der Waals surface area contributed by atoms with E-state index in [-0.39, 0.29) is 46.2 Å². The van der Waals surface area contributed by atoms with Crippen LogP contribution in [0, 0.1) is 17.5 Å². The molecule has 5 N–H and O–H groups in total.